The number of nitrogens with zero attached hydrogens (tertiary/aromatic N) is 4. The van der Waals surface area contributed by atoms with Gasteiger partial charge < -0.3 is 0 Å². The van der Waals surface area contributed by atoms with Crippen molar-refractivity contribution < 1.29 is 0 Å². The molecular weight excluding hydrogens is 344 g/mol. The maximum Gasteiger partial charge on any atom is 0.276 e. The molecule has 0 saturated heterocycles. The molecule has 8 nitrogen and oxygen atoms in total. The van der Waals surface area contributed by atoms with Crippen LogP contribution in [0, 0.1) is 13.8 Å². The van der Waals surface area contributed by atoms with Gasteiger partial charge in [0.05, 0.1) is 0 Å². The summed E-state index contributed by atoms with van der Waals surface area (Å²) in [5.74, 6) is 1.02. The van der Waals surface area contributed by atoms with E-state index in [1.165, 1.54) is 9.36 Å². The van der Waals surface area contributed by atoms with Gasteiger partial charge in [-0.2, -0.15) is 0 Å². The summed E-state index contributed by atoms with van der Waals surface area (Å²) < 4.78 is 2.79. The van der Waals surface area contributed by atoms with Crippen LogP contribution < -0.4 is 11.1 Å². The van der Waals surface area contributed by atoms with Crippen LogP contribution in [0.3, 0.4) is 0 Å². The summed E-state index contributed by atoms with van der Waals surface area (Å²) in [6.45, 7) is 3.63. The fourth-order valence-electron chi connectivity index (χ4n) is 3.05. The van der Waals surface area contributed by atoms with Gasteiger partial charge in [0.15, 0.2) is 11.6 Å². The highest BCUT2D eigenvalue weighted by atomic mass is 16.1. The zero-order valence-corrected chi connectivity index (χ0v) is 14.9. The van der Waals surface area contributed by atoms with Crippen molar-refractivity contribution in [1.29, 1.82) is 0 Å². The second-order valence-electron chi connectivity index (χ2n) is 6.26. The molecule has 0 atom stereocenters. The molecule has 0 radical (unpaired) electrons. The van der Waals surface area contributed by atoms with Gasteiger partial charge in [0.2, 0.25) is 0 Å². The van der Waals surface area contributed by atoms with Crippen LogP contribution in [0.4, 0.5) is 0 Å². The summed E-state index contributed by atoms with van der Waals surface area (Å²) in [5.41, 5.74) is 2.05. The lowest BCUT2D eigenvalue weighted by Gasteiger charge is -1.98. The number of pyridine rings is 2. The van der Waals surface area contributed by atoms with E-state index in [1.807, 2.05) is 26.0 Å². The van der Waals surface area contributed by atoms with Crippen molar-refractivity contribution in [1.82, 2.24) is 29.5 Å². The van der Waals surface area contributed by atoms with Crippen molar-refractivity contribution in [2.75, 3.05) is 0 Å². The van der Waals surface area contributed by atoms with Gasteiger partial charge in [0, 0.05) is 41.3 Å². The van der Waals surface area contributed by atoms with Crippen molar-refractivity contribution in [3.63, 3.8) is 0 Å². The Balaban J connectivity index is 1.76. The summed E-state index contributed by atoms with van der Waals surface area (Å²) in [6.07, 6.45) is 3.47. The van der Waals surface area contributed by atoms with Gasteiger partial charge in [-0.25, -0.2) is 19.3 Å². The molecule has 4 aromatic heterocycles. The van der Waals surface area contributed by atoms with Crippen molar-refractivity contribution in [3.05, 3.63) is 92.0 Å². The standard InChI is InChI=1S/C19H18N6O2/c1-12-14(18(26)24(22-12)16-7-3-5-9-20-16)11-15-13(2)23-25(19(15)27)17-8-4-6-10-21-17/h3-10,22-23H,11H2,1-2H3. The molecule has 2 N–H and O–H groups in total. The van der Waals surface area contributed by atoms with E-state index in [4.69, 9.17) is 0 Å². The van der Waals surface area contributed by atoms with E-state index in [2.05, 4.69) is 20.2 Å². The topological polar surface area (TPSA) is 101 Å². The van der Waals surface area contributed by atoms with Crippen LogP contribution in [0.25, 0.3) is 11.6 Å². The molecule has 0 amide bonds. The molecule has 0 aliphatic carbocycles. The van der Waals surface area contributed by atoms with Crippen LogP contribution in [0.1, 0.15) is 22.5 Å². The number of aryl methyl sites for hydroxylation is 2. The minimum atomic E-state index is -0.212. The minimum absolute atomic E-state index is 0.212. The fourth-order valence-corrected chi connectivity index (χ4v) is 3.05. The lowest BCUT2D eigenvalue weighted by molar-refractivity contribution is 0.805. The van der Waals surface area contributed by atoms with Crippen molar-refractivity contribution in [3.8, 4) is 11.6 Å². The Hall–Kier alpha value is -3.68. The van der Waals surface area contributed by atoms with Crippen LogP contribution in [0.2, 0.25) is 0 Å². The molecule has 0 saturated carbocycles. The molecule has 0 bridgehead atoms. The highest BCUT2D eigenvalue weighted by molar-refractivity contribution is 5.33. The van der Waals surface area contributed by atoms with E-state index in [9.17, 15) is 9.59 Å². The summed E-state index contributed by atoms with van der Waals surface area (Å²) >= 11 is 0. The third-order valence-electron chi connectivity index (χ3n) is 4.50. The molecule has 4 aromatic rings. The van der Waals surface area contributed by atoms with Gasteiger partial charge >= 0.3 is 0 Å². The van der Waals surface area contributed by atoms with Gasteiger partial charge in [-0.1, -0.05) is 12.1 Å². The van der Waals surface area contributed by atoms with Gasteiger partial charge in [-0.15, -0.1) is 0 Å². The highest BCUT2D eigenvalue weighted by Crippen LogP contribution is 2.12. The summed E-state index contributed by atoms with van der Waals surface area (Å²) in [6, 6.07) is 10.7. The van der Waals surface area contributed by atoms with Crippen LogP contribution >= 0.6 is 0 Å². The molecule has 4 rings (SSSR count). The van der Waals surface area contributed by atoms with E-state index in [0.29, 0.717) is 34.2 Å². The average molecular weight is 362 g/mol. The van der Waals surface area contributed by atoms with Crippen molar-refractivity contribution in [2.24, 2.45) is 0 Å². The number of hydrogen-bond acceptors (Lipinski definition) is 4. The molecule has 0 spiro atoms. The SMILES string of the molecule is Cc1[nH]n(-c2ccccn2)c(=O)c1Cc1c(C)[nH]n(-c2ccccn2)c1=O. The van der Waals surface area contributed by atoms with E-state index in [-0.39, 0.29) is 17.5 Å². The summed E-state index contributed by atoms with van der Waals surface area (Å²) in [5, 5.41) is 6.07. The van der Waals surface area contributed by atoms with E-state index in [1.54, 1.807) is 36.7 Å². The molecule has 136 valence electrons. The maximum atomic E-state index is 12.9. The van der Waals surface area contributed by atoms with Gasteiger partial charge in [-0.3, -0.25) is 19.8 Å². The second kappa shape index (κ2) is 6.56. The zero-order chi connectivity index (χ0) is 19.0. The number of aromatic nitrogens is 6. The Labute approximate surface area is 154 Å². The molecule has 8 heteroatoms. The van der Waals surface area contributed by atoms with Crippen LogP contribution in [0.15, 0.2) is 58.4 Å². The Morgan fingerprint density at radius 2 is 1.22 bits per heavy atom. The molecule has 4 heterocycles. The largest absolute Gasteiger partial charge is 0.294 e. The summed E-state index contributed by atoms with van der Waals surface area (Å²) in [4.78, 5) is 34.1. The third-order valence-corrected chi connectivity index (χ3v) is 4.50. The molecule has 0 aliphatic heterocycles. The molecule has 0 aromatic carbocycles. The lowest BCUT2D eigenvalue weighted by Crippen LogP contribution is -2.22. The van der Waals surface area contributed by atoms with Gasteiger partial charge in [0.1, 0.15) is 0 Å². The quantitative estimate of drug-likeness (QED) is 0.576. The second-order valence-corrected chi connectivity index (χ2v) is 6.26. The van der Waals surface area contributed by atoms with Crippen LogP contribution in [0.5, 0.6) is 0 Å². The first-order valence-corrected chi connectivity index (χ1v) is 8.50. The zero-order valence-electron chi connectivity index (χ0n) is 14.9. The lowest BCUT2D eigenvalue weighted by atomic mass is 10.1. The van der Waals surface area contributed by atoms with E-state index >= 15 is 0 Å². The molecule has 27 heavy (non-hydrogen) atoms. The van der Waals surface area contributed by atoms with E-state index in [0.717, 1.165) is 0 Å². The number of nitrogens with one attached hydrogen (secondary N) is 2. The first kappa shape index (κ1) is 16.8. The van der Waals surface area contributed by atoms with Gasteiger partial charge in [0.25, 0.3) is 11.1 Å². The molecule has 0 fully saturated rings. The number of H-pyrrole nitrogens is 2. The van der Waals surface area contributed by atoms with E-state index < -0.39 is 0 Å². The monoisotopic (exact) mass is 362 g/mol. The first-order chi connectivity index (χ1) is 13.1. The molecule has 0 aliphatic rings. The Bertz CT molecular complexity index is 1100. The number of aromatic amines is 2. The average Bonchev–Trinajstić information content (AvgIpc) is 3.14. The molecule has 0 unspecified atom stereocenters. The predicted octanol–water partition coefficient (Wildman–Crippen LogP) is 1.64. The summed E-state index contributed by atoms with van der Waals surface area (Å²) in [7, 11) is 0. The number of rotatable bonds is 4. The fraction of sp³-hybridized carbons (Fsp3) is 0.158. The predicted molar refractivity (Wildman–Crippen MR) is 101 cm³/mol. The third kappa shape index (κ3) is 2.91. The van der Waals surface area contributed by atoms with Crippen LogP contribution in [-0.2, 0) is 6.42 Å². The molecular formula is C19H18N6O2. The highest BCUT2D eigenvalue weighted by Gasteiger charge is 2.19. The maximum absolute atomic E-state index is 12.9. The minimum Gasteiger partial charge on any atom is -0.294 e. The normalized spacial score (nSPS) is 11.0. The first-order valence-electron chi connectivity index (χ1n) is 8.50. The smallest absolute Gasteiger partial charge is 0.276 e. The Morgan fingerprint density at radius 3 is 1.59 bits per heavy atom. The number of hydrogen-bond donors (Lipinski definition) is 2. The Kier molecular flexibility index (Phi) is 4.08. The Morgan fingerprint density at radius 1 is 0.778 bits per heavy atom. The van der Waals surface area contributed by atoms with Crippen molar-refractivity contribution >= 4 is 0 Å². The van der Waals surface area contributed by atoms with Crippen molar-refractivity contribution in [2.45, 2.75) is 20.3 Å². The van der Waals surface area contributed by atoms with Gasteiger partial charge in [-0.05, 0) is 38.1 Å². The van der Waals surface area contributed by atoms with Crippen LogP contribution in [-0.4, -0.2) is 29.5 Å².